The van der Waals surface area contributed by atoms with Gasteiger partial charge in [0.05, 0.1) is 0 Å². The van der Waals surface area contributed by atoms with Crippen molar-refractivity contribution in [2.75, 3.05) is 5.73 Å². The average molecular weight is 448 g/mol. The first kappa shape index (κ1) is 20.3. The van der Waals surface area contributed by atoms with E-state index in [4.69, 9.17) is 5.73 Å². The molecule has 8 saturated carbocycles. The predicted octanol–water partition coefficient (Wildman–Crippen LogP) is 4.67. The van der Waals surface area contributed by atoms with E-state index in [2.05, 4.69) is 10.6 Å². The van der Waals surface area contributed by atoms with Crippen LogP contribution in [-0.4, -0.2) is 22.9 Å². The van der Waals surface area contributed by atoms with Crippen molar-refractivity contribution in [2.45, 2.75) is 88.1 Å². The van der Waals surface area contributed by atoms with Gasteiger partial charge in [0.1, 0.15) is 0 Å². The maximum absolute atomic E-state index is 13.4. The fourth-order valence-corrected chi connectivity index (χ4v) is 10.1. The van der Waals surface area contributed by atoms with Crippen LogP contribution in [0.2, 0.25) is 0 Å². The Morgan fingerprint density at radius 3 is 1.21 bits per heavy atom. The van der Waals surface area contributed by atoms with Crippen molar-refractivity contribution in [1.29, 1.82) is 0 Å². The molecule has 1 aromatic carbocycles. The normalized spacial score (nSPS) is 44.1. The second kappa shape index (κ2) is 6.99. The number of carbonyl (C=O) groups excluding carboxylic acids is 2. The molecule has 8 aliphatic carbocycles. The fraction of sp³-hybridized carbons (Fsp3) is 0.714. The van der Waals surface area contributed by atoms with Crippen LogP contribution in [-0.2, 0) is 0 Å². The van der Waals surface area contributed by atoms with Gasteiger partial charge < -0.3 is 16.4 Å². The van der Waals surface area contributed by atoms with Crippen LogP contribution in [0.5, 0.6) is 0 Å². The largest absolute Gasteiger partial charge is 0.399 e. The monoisotopic (exact) mass is 447 g/mol. The van der Waals surface area contributed by atoms with E-state index in [9.17, 15) is 9.59 Å². The van der Waals surface area contributed by atoms with Crippen LogP contribution in [0.4, 0.5) is 5.69 Å². The maximum Gasteiger partial charge on any atom is 0.251 e. The van der Waals surface area contributed by atoms with E-state index in [0.717, 1.165) is 74.0 Å². The van der Waals surface area contributed by atoms with Gasteiger partial charge in [-0.15, -0.1) is 0 Å². The van der Waals surface area contributed by atoms with E-state index in [0.29, 0.717) is 16.8 Å². The molecule has 0 aromatic heterocycles. The van der Waals surface area contributed by atoms with E-state index in [-0.39, 0.29) is 22.9 Å². The molecular weight excluding hydrogens is 410 g/mol. The minimum atomic E-state index is -0.0619. The highest BCUT2D eigenvalue weighted by atomic mass is 16.2. The molecule has 0 atom stereocenters. The van der Waals surface area contributed by atoms with Crippen molar-refractivity contribution in [2.24, 2.45) is 35.5 Å². The standard InChI is InChI=1S/C28H37N3O2/c29-24-8-22(25(32)30-27-10-16-1-17(11-27)3-18(2-16)12-27)7-23(9-24)26(33)31-28-13-19-4-20(14-28)6-21(5-19)15-28/h7-9,16-21H,1-6,10-15,29H2,(H,30,32)(H,31,33). The summed E-state index contributed by atoms with van der Waals surface area (Å²) in [6.45, 7) is 0. The summed E-state index contributed by atoms with van der Waals surface area (Å²) in [5.41, 5.74) is 7.66. The van der Waals surface area contributed by atoms with Gasteiger partial charge in [-0.2, -0.15) is 0 Å². The number of amides is 2. The Morgan fingerprint density at radius 1 is 0.606 bits per heavy atom. The molecule has 9 rings (SSSR count). The van der Waals surface area contributed by atoms with Crippen molar-refractivity contribution >= 4 is 17.5 Å². The molecule has 33 heavy (non-hydrogen) atoms. The van der Waals surface area contributed by atoms with E-state index in [1.807, 2.05) is 0 Å². The van der Waals surface area contributed by atoms with Gasteiger partial charge in [0.2, 0.25) is 0 Å². The molecule has 4 N–H and O–H groups in total. The molecule has 0 unspecified atom stereocenters. The van der Waals surface area contributed by atoms with Crippen LogP contribution >= 0.6 is 0 Å². The zero-order chi connectivity index (χ0) is 22.4. The first-order chi connectivity index (χ1) is 15.8. The van der Waals surface area contributed by atoms with E-state index in [1.54, 1.807) is 18.2 Å². The van der Waals surface area contributed by atoms with Crippen molar-refractivity contribution in [3.8, 4) is 0 Å². The predicted molar refractivity (Wildman–Crippen MR) is 128 cm³/mol. The number of nitrogen functional groups attached to an aromatic ring is 1. The first-order valence-electron chi connectivity index (χ1n) is 13.4. The molecule has 0 aliphatic heterocycles. The molecule has 8 aliphatic rings. The zero-order valence-electron chi connectivity index (χ0n) is 19.6. The summed E-state index contributed by atoms with van der Waals surface area (Å²) in [5, 5.41) is 6.87. The van der Waals surface area contributed by atoms with Crippen LogP contribution in [0.25, 0.3) is 0 Å². The van der Waals surface area contributed by atoms with Crippen molar-refractivity contribution in [3.63, 3.8) is 0 Å². The zero-order valence-corrected chi connectivity index (χ0v) is 19.6. The minimum Gasteiger partial charge on any atom is -0.399 e. The summed E-state index contributed by atoms with van der Waals surface area (Å²) in [4.78, 5) is 26.7. The topological polar surface area (TPSA) is 84.2 Å². The van der Waals surface area contributed by atoms with Gasteiger partial charge in [0.25, 0.3) is 11.8 Å². The van der Waals surface area contributed by atoms with Gasteiger partial charge in [-0.1, -0.05) is 0 Å². The molecule has 5 nitrogen and oxygen atoms in total. The number of benzene rings is 1. The lowest BCUT2D eigenvalue weighted by atomic mass is 9.53. The molecule has 0 spiro atoms. The molecule has 0 radical (unpaired) electrons. The van der Waals surface area contributed by atoms with Crippen LogP contribution < -0.4 is 16.4 Å². The van der Waals surface area contributed by atoms with Crippen molar-refractivity contribution < 1.29 is 9.59 Å². The van der Waals surface area contributed by atoms with Crippen LogP contribution in [0.3, 0.4) is 0 Å². The second-order valence-electron chi connectivity index (χ2n) is 13.1. The van der Waals surface area contributed by atoms with Gasteiger partial charge in [0, 0.05) is 27.9 Å². The Bertz CT molecular complexity index is 868. The number of hydrogen-bond donors (Lipinski definition) is 3. The lowest BCUT2D eigenvalue weighted by molar-refractivity contribution is -0.0169. The molecule has 5 heteroatoms. The number of nitrogens with one attached hydrogen (secondary N) is 2. The van der Waals surface area contributed by atoms with Crippen LogP contribution in [0, 0.1) is 35.5 Å². The minimum absolute atomic E-state index is 0.0436. The Morgan fingerprint density at radius 2 is 0.909 bits per heavy atom. The van der Waals surface area contributed by atoms with Crippen molar-refractivity contribution in [1.82, 2.24) is 10.6 Å². The summed E-state index contributed by atoms with van der Waals surface area (Å²) in [6, 6.07) is 5.23. The number of rotatable bonds is 4. The molecule has 176 valence electrons. The van der Waals surface area contributed by atoms with E-state index in [1.165, 1.54) is 38.5 Å². The van der Waals surface area contributed by atoms with Crippen LogP contribution in [0.15, 0.2) is 18.2 Å². The number of anilines is 1. The van der Waals surface area contributed by atoms with Gasteiger partial charge >= 0.3 is 0 Å². The van der Waals surface area contributed by atoms with E-state index >= 15 is 0 Å². The third-order valence-corrected chi connectivity index (χ3v) is 10.3. The molecule has 8 bridgehead atoms. The highest BCUT2D eigenvalue weighted by Crippen LogP contribution is 2.56. The lowest BCUT2D eigenvalue weighted by Gasteiger charge is -2.57. The summed E-state index contributed by atoms with van der Waals surface area (Å²) in [7, 11) is 0. The van der Waals surface area contributed by atoms with Gasteiger partial charge in [-0.05, 0) is 131 Å². The van der Waals surface area contributed by atoms with E-state index < -0.39 is 0 Å². The van der Waals surface area contributed by atoms with Crippen LogP contribution in [0.1, 0.15) is 97.8 Å². The SMILES string of the molecule is Nc1cc(C(=O)NC23CC4CC(CC(C4)C2)C3)cc(C(=O)NC23CC4CC(CC(C4)C2)C3)c1. The molecule has 0 heterocycles. The number of carbonyl (C=O) groups is 2. The Kier molecular flexibility index (Phi) is 4.31. The van der Waals surface area contributed by atoms with Gasteiger partial charge in [-0.3, -0.25) is 9.59 Å². The summed E-state index contributed by atoms with van der Waals surface area (Å²) >= 11 is 0. The second-order valence-corrected chi connectivity index (χ2v) is 13.1. The molecule has 2 amide bonds. The fourth-order valence-electron chi connectivity index (χ4n) is 10.1. The molecule has 1 aromatic rings. The average Bonchev–Trinajstić information content (AvgIpc) is 2.70. The van der Waals surface area contributed by atoms with Gasteiger partial charge in [0.15, 0.2) is 0 Å². The number of nitrogens with two attached hydrogens (primary N) is 1. The third kappa shape index (κ3) is 3.49. The first-order valence-corrected chi connectivity index (χ1v) is 13.4. The Hall–Kier alpha value is -2.04. The molecular formula is C28H37N3O2. The molecule has 8 fully saturated rings. The highest BCUT2D eigenvalue weighted by molar-refractivity contribution is 6.01. The van der Waals surface area contributed by atoms with Gasteiger partial charge in [-0.25, -0.2) is 0 Å². The highest BCUT2D eigenvalue weighted by Gasteiger charge is 2.52. The summed E-state index contributed by atoms with van der Waals surface area (Å²) in [6.07, 6.45) is 14.8. The summed E-state index contributed by atoms with van der Waals surface area (Å²) < 4.78 is 0. The number of hydrogen-bond acceptors (Lipinski definition) is 3. The lowest BCUT2D eigenvalue weighted by Crippen LogP contribution is -2.60. The maximum atomic E-state index is 13.4. The quantitative estimate of drug-likeness (QED) is 0.587. The Balaban J connectivity index is 1.10. The molecule has 0 saturated heterocycles. The Labute approximate surface area is 196 Å². The summed E-state index contributed by atoms with van der Waals surface area (Å²) in [5.74, 6) is 4.54. The van der Waals surface area contributed by atoms with Crippen molar-refractivity contribution in [3.05, 3.63) is 29.3 Å². The smallest absolute Gasteiger partial charge is 0.251 e. The third-order valence-electron chi connectivity index (χ3n) is 10.3.